The van der Waals surface area contributed by atoms with E-state index in [1.165, 1.54) is 0 Å². The van der Waals surface area contributed by atoms with Gasteiger partial charge in [0.1, 0.15) is 6.04 Å². The number of hydrogen-bond acceptors (Lipinski definition) is 5. The molecule has 0 bridgehead atoms. The first-order valence-electron chi connectivity index (χ1n) is 6.61. The predicted molar refractivity (Wildman–Crippen MR) is 75.5 cm³/mol. The maximum atomic E-state index is 12.0. The highest BCUT2D eigenvalue weighted by Crippen LogP contribution is 2.11. The van der Waals surface area contributed by atoms with Gasteiger partial charge in [-0.3, -0.25) is 14.8 Å². The van der Waals surface area contributed by atoms with Crippen molar-refractivity contribution in [1.82, 2.24) is 14.9 Å². The van der Waals surface area contributed by atoms with Crippen LogP contribution >= 0.6 is 0 Å². The second kappa shape index (κ2) is 6.23. The molecule has 0 fully saturated rings. The summed E-state index contributed by atoms with van der Waals surface area (Å²) in [4.78, 5) is 12.0. The van der Waals surface area contributed by atoms with E-state index in [0.29, 0.717) is 5.88 Å². The zero-order chi connectivity index (χ0) is 14.5. The molecule has 0 spiro atoms. The molecule has 1 atom stereocenters. The highest BCUT2D eigenvalue weighted by Gasteiger charge is 2.15. The van der Waals surface area contributed by atoms with Crippen molar-refractivity contribution in [3.63, 3.8) is 0 Å². The summed E-state index contributed by atoms with van der Waals surface area (Å²) in [5, 5.41) is 13.7. The minimum Gasteiger partial charge on any atom is -0.371 e. The molecule has 1 amide bonds. The summed E-state index contributed by atoms with van der Waals surface area (Å²) in [6.45, 7) is 6.52. The van der Waals surface area contributed by atoms with Crippen LogP contribution in [0, 0.1) is 6.92 Å². The molecule has 20 heavy (non-hydrogen) atoms. The monoisotopic (exact) mass is 277 g/mol. The third kappa shape index (κ3) is 3.59. The van der Waals surface area contributed by atoms with Crippen LogP contribution in [0.1, 0.15) is 26.0 Å². The first-order chi connectivity index (χ1) is 9.58. The standard InChI is InChI=1S/C13H19N5O2/c1-4-5-18-8-11(7-14-18)15-10(3)13(19)16-12-6-9(2)17-20-12/h6-8,10,15H,4-5H2,1-3H3,(H,16,19)/t10-/m1/s1. The fraction of sp³-hybridized carbons (Fsp3) is 0.462. The van der Waals surface area contributed by atoms with Gasteiger partial charge in [-0.25, -0.2) is 0 Å². The molecule has 2 N–H and O–H groups in total. The van der Waals surface area contributed by atoms with Crippen molar-refractivity contribution in [3.8, 4) is 0 Å². The molecule has 0 aliphatic heterocycles. The van der Waals surface area contributed by atoms with Gasteiger partial charge in [0, 0.05) is 18.8 Å². The number of aromatic nitrogens is 3. The Morgan fingerprint density at radius 1 is 1.55 bits per heavy atom. The van der Waals surface area contributed by atoms with Crippen molar-refractivity contribution in [2.24, 2.45) is 0 Å². The molecule has 0 saturated carbocycles. The average Bonchev–Trinajstić information content (AvgIpc) is 2.99. The van der Waals surface area contributed by atoms with Crippen LogP contribution in [0.3, 0.4) is 0 Å². The van der Waals surface area contributed by atoms with Crippen LogP contribution in [0.5, 0.6) is 0 Å². The number of amides is 1. The normalized spacial score (nSPS) is 12.2. The second-order valence-electron chi connectivity index (χ2n) is 4.68. The smallest absolute Gasteiger partial charge is 0.248 e. The lowest BCUT2D eigenvalue weighted by molar-refractivity contribution is -0.116. The predicted octanol–water partition coefficient (Wildman–Crippen LogP) is 2.03. The van der Waals surface area contributed by atoms with Crippen molar-refractivity contribution in [2.45, 2.75) is 39.8 Å². The Bertz CT molecular complexity index is 575. The third-order valence-corrected chi connectivity index (χ3v) is 2.74. The van der Waals surface area contributed by atoms with Crippen LogP contribution < -0.4 is 10.6 Å². The maximum absolute atomic E-state index is 12.0. The molecule has 0 aliphatic rings. The van der Waals surface area contributed by atoms with Crippen molar-refractivity contribution in [1.29, 1.82) is 0 Å². The zero-order valence-corrected chi connectivity index (χ0v) is 11.9. The average molecular weight is 277 g/mol. The molecule has 7 heteroatoms. The number of carbonyl (C=O) groups excluding carboxylic acids is 1. The molecular formula is C13H19N5O2. The van der Waals surface area contributed by atoms with Gasteiger partial charge in [-0.1, -0.05) is 12.1 Å². The van der Waals surface area contributed by atoms with Crippen LogP contribution in [0.15, 0.2) is 23.0 Å². The minimum atomic E-state index is -0.403. The van der Waals surface area contributed by atoms with E-state index in [4.69, 9.17) is 4.52 Å². The van der Waals surface area contributed by atoms with Crippen LogP contribution in [-0.2, 0) is 11.3 Å². The summed E-state index contributed by atoms with van der Waals surface area (Å²) in [5.74, 6) is 0.159. The van der Waals surface area contributed by atoms with Gasteiger partial charge in [0.15, 0.2) is 0 Å². The topological polar surface area (TPSA) is 85.0 Å². The quantitative estimate of drug-likeness (QED) is 0.844. The van der Waals surface area contributed by atoms with Crippen LogP contribution in [0.4, 0.5) is 11.6 Å². The van der Waals surface area contributed by atoms with Crippen molar-refractivity contribution >= 4 is 17.5 Å². The van der Waals surface area contributed by atoms with Crippen molar-refractivity contribution in [3.05, 3.63) is 24.2 Å². The largest absolute Gasteiger partial charge is 0.371 e. The van der Waals surface area contributed by atoms with Crippen LogP contribution in [0.2, 0.25) is 0 Å². The Morgan fingerprint density at radius 3 is 3.00 bits per heavy atom. The first-order valence-corrected chi connectivity index (χ1v) is 6.61. The Kier molecular flexibility index (Phi) is 4.39. The highest BCUT2D eigenvalue weighted by atomic mass is 16.5. The maximum Gasteiger partial charge on any atom is 0.248 e. The summed E-state index contributed by atoms with van der Waals surface area (Å²) in [6, 6.07) is 1.27. The molecule has 2 aromatic heterocycles. The van der Waals surface area contributed by atoms with E-state index in [2.05, 4.69) is 27.8 Å². The Morgan fingerprint density at radius 2 is 2.35 bits per heavy atom. The second-order valence-corrected chi connectivity index (χ2v) is 4.68. The van der Waals surface area contributed by atoms with Gasteiger partial charge < -0.3 is 9.84 Å². The highest BCUT2D eigenvalue weighted by molar-refractivity contribution is 5.95. The SMILES string of the molecule is CCCn1cc(N[C@H](C)C(=O)Nc2cc(C)no2)cn1. The molecule has 7 nitrogen and oxygen atoms in total. The van der Waals surface area contributed by atoms with Gasteiger partial charge in [-0.2, -0.15) is 5.10 Å². The van der Waals surface area contributed by atoms with E-state index in [9.17, 15) is 4.79 Å². The molecule has 0 aliphatic carbocycles. The van der Waals surface area contributed by atoms with E-state index < -0.39 is 6.04 Å². The lowest BCUT2D eigenvalue weighted by Crippen LogP contribution is -2.31. The van der Waals surface area contributed by atoms with Crippen molar-refractivity contribution in [2.75, 3.05) is 10.6 Å². The summed E-state index contributed by atoms with van der Waals surface area (Å²) in [6.07, 6.45) is 4.60. The van der Waals surface area contributed by atoms with E-state index in [1.54, 1.807) is 26.1 Å². The number of aryl methyl sites for hydroxylation is 2. The Hall–Kier alpha value is -2.31. The summed E-state index contributed by atoms with van der Waals surface area (Å²) in [5.41, 5.74) is 1.54. The van der Waals surface area contributed by atoms with Crippen molar-refractivity contribution < 1.29 is 9.32 Å². The molecule has 2 rings (SSSR count). The van der Waals surface area contributed by atoms with Gasteiger partial charge in [0.25, 0.3) is 0 Å². The number of carbonyl (C=O) groups is 1. The number of anilines is 2. The third-order valence-electron chi connectivity index (χ3n) is 2.74. The Labute approximate surface area is 117 Å². The molecule has 0 aromatic carbocycles. The van der Waals surface area contributed by atoms with Gasteiger partial charge in [-0.05, 0) is 20.3 Å². The fourth-order valence-electron chi connectivity index (χ4n) is 1.76. The first kappa shape index (κ1) is 14.1. The van der Waals surface area contributed by atoms with E-state index in [1.807, 2.05) is 10.9 Å². The zero-order valence-electron chi connectivity index (χ0n) is 11.9. The van der Waals surface area contributed by atoms with E-state index in [-0.39, 0.29) is 5.91 Å². The Balaban J connectivity index is 1.89. The summed E-state index contributed by atoms with van der Waals surface area (Å²) >= 11 is 0. The molecule has 0 saturated heterocycles. The van der Waals surface area contributed by atoms with Gasteiger partial charge in [0.2, 0.25) is 11.8 Å². The molecule has 2 heterocycles. The minimum absolute atomic E-state index is 0.190. The van der Waals surface area contributed by atoms with Gasteiger partial charge in [0.05, 0.1) is 17.6 Å². The molecule has 2 aromatic rings. The number of hydrogen-bond donors (Lipinski definition) is 2. The summed E-state index contributed by atoms with van der Waals surface area (Å²) in [7, 11) is 0. The molecule has 0 unspecified atom stereocenters. The molecular weight excluding hydrogens is 258 g/mol. The fourth-order valence-corrected chi connectivity index (χ4v) is 1.76. The summed E-state index contributed by atoms with van der Waals surface area (Å²) < 4.78 is 6.79. The number of nitrogens with zero attached hydrogens (tertiary/aromatic N) is 3. The molecule has 0 radical (unpaired) electrons. The lowest BCUT2D eigenvalue weighted by Gasteiger charge is -2.12. The van der Waals surface area contributed by atoms with Crippen LogP contribution in [0.25, 0.3) is 0 Å². The van der Waals surface area contributed by atoms with E-state index >= 15 is 0 Å². The number of rotatable bonds is 6. The van der Waals surface area contributed by atoms with E-state index in [0.717, 1.165) is 24.3 Å². The lowest BCUT2D eigenvalue weighted by atomic mass is 10.3. The number of nitrogens with one attached hydrogen (secondary N) is 2. The van der Waals surface area contributed by atoms with Crippen LogP contribution in [-0.4, -0.2) is 26.9 Å². The van der Waals surface area contributed by atoms with Gasteiger partial charge in [-0.15, -0.1) is 0 Å². The molecule has 108 valence electrons. The van der Waals surface area contributed by atoms with Gasteiger partial charge >= 0.3 is 0 Å².